The summed E-state index contributed by atoms with van der Waals surface area (Å²) in [6, 6.07) is 21.8. The van der Waals surface area contributed by atoms with Gasteiger partial charge in [0.1, 0.15) is 23.8 Å². The van der Waals surface area contributed by atoms with Crippen molar-refractivity contribution in [3.63, 3.8) is 0 Å². The van der Waals surface area contributed by atoms with Crippen LogP contribution in [-0.2, 0) is 24.9 Å². The van der Waals surface area contributed by atoms with Crippen molar-refractivity contribution in [3.05, 3.63) is 89.1 Å². The number of aromatic nitrogens is 1. The van der Waals surface area contributed by atoms with Crippen molar-refractivity contribution < 1.29 is 9.84 Å². The van der Waals surface area contributed by atoms with Crippen molar-refractivity contribution >= 4 is 5.82 Å². The van der Waals surface area contributed by atoms with Crippen LogP contribution in [0.5, 0.6) is 5.75 Å². The van der Waals surface area contributed by atoms with E-state index in [9.17, 15) is 5.11 Å². The van der Waals surface area contributed by atoms with Gasteiger partial charge < -0.3 is 14.7 Å². The number of hydrogen-bond acceptors (Lipinski definition) is 4. The topological polar surface area (TPSA) is 45.6 Å². The summed E-state index contributed by atoms with van der Waals surface area (Å²) in [5, 5.41) is 11.2. The third-order valence-electron chi connectivity index (χ3n) is 9.09. The first-order valence-corrected chi connectivity index (χ1v) is 14.2. The molecule has 2 aliphatic carbocycles. The maximum atomic E-state index is 11.2. The fourth-order valence-electron chi connectivity index (χ4n) is 7.22. The van der Waals surface area contributed by atoms with E-state index in [-0.39, 0.29) is 5.41 Å². The zero-order valence-electron chi connectivity index (χ0n) is 22.5. The summed E-state index contributed by atoms with van der Waals surface area (Å²) in [6.45, 7) is 4.57. The minimum atomic E-state index is -0.862. The van der Waals surface area contributed by atoms with Crippen LogP contribution in [0.2, 0.25) is 0 Å². The molecule has 38 heavy (non-hydrogen) atoms. The zero-order valence-corrected chi connectivity index (χ0v) is 22.5. The maximum Gasteiger partial charge on any atom is 0.128 e. The van der Waals surface area contributed by atoms with Gasteiger partial charge in [0, 0.05) is 24.7 Å². The highest BCUT2D eigenvalue weighted by molar-refractivity contribution is 5.46. The zero-order chi connectivity index (χ0) is 26.0. The van der Waals surface area contributed by atoms with E-state index < -0.39 is 5.60 Å². The quantitative estimate of drug-likeness (QED) is 0.402. The summed E-state index contributed by atoms with van der Waals surface area (Å²) in [6.07, 6.45) is 9.89. The first-order valence-electron chi connectivity index (χ1n) is 14.2. The highest BCUT2D eigenvalue weighted by Gasteiger charge is 2.51. The second-order valence-electron chi connectivity index (χ2n) is 11.5. The lowest BCUT2D eigenvalue weighted by molar-refractivity contribution is -0.00805. The van der Waals surface area contributed by atoms with E-state index in [1.165, 1.54) is 29.5 Å². The standard InChI is InChI=1S/C34H38N2O2/c1-2-15-33(37)16-17-34(23-26-8-4-3-5-9-26)29(24-33)11-10-28-22-30(12-13-31(28)34)38-25-27-14-18-35-32(21-27)36-19-6-7-20-36/h3-5,8-9,12-14,18,21-22,29,37H,6-7,10-11,16-17,19-20,23-25H2,1H3/t29-,33-,34+/m1/s1. The molecule has 0 radical (unpaired) electrons. The molecular weight excluding hydrogens is 468 g/mol. The molecule has 0 spiro atoms. The lowest BCUT2D eigenvalue weighted by Crippen LogP contribution is -2.50. The predicted molar refractivity (Wildman–Crippen MR) is 152 cm³/mol. The van der Waals surface area contributed by atoms with E-state index in [0.717, 1.165) is 68.7 Å². The minimum Gasteiger partial charge on any atom is -0.489 e. The van der Waals surface area contributed by atoms with Gasteiger partial charge in [0.25, 0.3) is 0 Å². The maximum absolute atomic E-state index is 11.2. The monoisotopic (exact) mass is 506 g/mol. The number of aryl methyl sites for hydroxylation is 1. The first-order chi connectivity index (χ1) is 18.6. The van der Waals surface area contributed by atoms with E-state index >= 15 is 0 Å². The number of ether oxygens (including phenoxy) is 1. The molecule has 4 heteroatoms. The number of pyridine rings is 1. The highest BCUT2D eigenvalue weighted by atomic mass is 16.5. The van der Waals surface area contributed by atoms with Crippen LogP contribution in [0.25, 0.3) is 0 Å². The van der Waals surface area contributed by atoms with Gasteiger partial charge in [0.15, 0.2) is 0 Å². The number of nitrogens with zero attached hydrogens (tertiary/aromatic N) is 2. The van der Waals surface area contributed by atoms with Gasteiger partial charge >= 0.3 is 0 Å². The summed E-state index contributed by atoms with van der Waals surface area (Å²) in [4.78, 5) is 6.94. The summed E-state index contributed by atoms with van der Waals surface area (Å²) < 4.78 is 6.32. The second-order valence-corrected chi connectivity index (χ2v) is 11.5. The molecule has 0 bridgehead atoms. The third kappa shape index (κ3) is 4.93. The second kappa shape index (κ2) is 10.5. The van der Waals surface area contributed by atoms with Crippen molar-refractivity contribution in [1.82, 2.24) is 4.98 Å². The number of hydrogen-bond donors (Lipinski definition) is 1. The third-order valence-corrected chi connectivity index (χ3v) is 9.09. The Morgan fingerprint density at radius 1 is 1.03 bits per heavy atom. The molecular formula is C34H38N2O2. The average molecular weight is 507 g/mol. The Labute approximate surface area is 227 Å². The van der Waals surface area contributed by atoms with Crippen molar-refractivity contribution in [3.8, 4) is 17.6 Å². The van der Waals surface area contributed by atoms with Crippen molar-refractivity contribution in [2.75, 3.05) is 18.0 Å². The molecule has 0 unspecified atom stereocenters. The van der Waals surface area contributed by atoms with Crippen molar-refractivity contribution in [2.45, 2.75) is 75.9 Å². The number of aliphatic hydroxyl groups is 1. The lowest BCUT2D eigenvalue weighted by atomic mass is 9.52. The molecule has 3 aliphatic rings. The Hall–Kier alpha value is -3.29. The molecule has 196 valence electrons. The van der Waals surface area contributed by atoms with Gasteiger partial charge in [-0.25, -0.2) is 4.98 Å². The molecule has 2 heterocycles. The summed E-state index contributed by atoms with van der Waals surface area (Å²) in [7, 11) is 0. The molecule has 1 saturated carbocycles. The molecule has 3 aromatic rings. The van der Waals surface area contributed by atoms with Gasteiger partial charge in [-0.05, 0) is 111 Å². The van der Waals surface area contributed by atoms with Crippen molar-refractivity contribution in [2.24, 2.45) is 5.92 Å². The average Bonchev–Trinajstić information content (AvgIpc) is 3.48. The Morgan fingerprint density at radius 2 is 1.87 bits per heavy atom. The van der Waals surface area contributed by atoms with Gasteiger partial charge in [-0.15, -0.1) is 5.92 Å². The van der Waals surface area contributed by atoms with Crippen LogP contribution in [-0.4, -0.2) is 28.8 Å². The van der Waals surface area contributed by atoms with Crippen LogP contribution in [0.3, 0.4) is 0 Å². The molecule has 1 aromatic heterocycles. The largest absolute Gasteiger partial charge is 0.489 e. The number of benzene rings is 2. The number of fused-ring (bicyclic) bond motifs is 3. The predicted octanol–water partition coefficient (Wildman–Crippen LogP) is 6.24. The Balaban J connectivity index is 1.25. The Morgan fingerprint density at radius 3 is 2.68 bits per heavy atom. The number of anilines is 1. The molecule has 0 amide bonds. The van der Waals surface area contributed by atoms with Gasteiger partial charge in [0.05, 0.1) is 0 Å². The normalized spacial score (nSPS) is 26.2. The summed E-state index contributed by atoms with van der Waals surface area (Å²) in [5.74, 6) is 8.53. The van der Waals surface area contributed by atoms with Crippen LogP contribution in [0.15, 0.2) is 66.9 Å². The van der Waals surface area contributed by atoms with E-state index in [1.807, 2.05) is 13.1 Å². The van der Waals surface area contributed by atoms with Gasteiger partial charge in [0.2, 0.25) is 0 Å². The Kier molecular flexibility index (Phi) is 6.89. The van der Waals surface area contributed by atoms with Crippen LogP contribution >= 0.6 is 0 Å². The van der Waals surface area contributed by atoms with Gasteiger partial charge in [-0.1, -0.05) is 42.3 Å². The molecule has 1 aliphatic heterocycles. The number of rotatable bonds is 6. The van der Waals surface area contributed by atoms with Crippen LogP contribution < -0.4 is 9.64 Å². The molecule has 6 rings (SSSR count). The van der Waals surface area contributed by atoms with Gasteiger partial charge in [-0.2, -0.15) is 0 Å². The van der Waals surface area contributed by atoms with E-state index in [1.54, 1.807) is 0 Å². The molecule has 1 saturated heterocycles. The minimum absolute atomic E-state index is 0.0187. The Bertz CT molecular complexity index is 1340. The molecule has 4 nitrogen and oxygen atoms in total. The molecule has 3 atom stereocenters. The molecule has 2 fully saturated rings. The van der Waals surface area contributed by atoms with E-state index in [2.05, 4.69) is 82.4 Å². The van der Waals surface area contributed by atoms with Gasteiger partial charge in [-0.3, -0.25) is 0 Å². The van der Waals surface area contributed by atoms with Crippen LogP contribution in [0.1, 0.15) is 67.7 Å². The molecule has 1 N–H and O–H groups in total. The fourth-order valence-corrected chi connectivity index (χ4v) is 7.22. The van der Waals surface area contributed by atoms with E-state index in [0.29, 0.717) is 12.5 Å². The first kappa shape index (κ1) is 25.0. The molecule has 2 aromatic carbocycles. The van der Waals surface area contributed by atoms with Crippen LogP contribution in [0.4, 0.5) is 5.82 Å². The smallest absolute Gasteiger partial charge is 0.128 e. The van der Waals surface area contributed by atoms with E-state index in [4.69, 9.17) is 4.74 Å². The van der Waals surface area contributed by atoms with Crippen molar-refractivity contribution in [1.29, 1.82) is 0 Å². The fraction of sp³-hybridized carbons (Fsp3) is 0.441. The van der Waals surface area contributed by atoms with Crippen LogP contribution in [0, 0.1) is 17.8 Å². The lowest BCUT2D eigenvalue weighted by Gasteiger charge is -2.52. The SMILES string of the molecule is CC#C[C@@]1(O)CC[C@@]2(Cc3ccccc3)c3ccc(OCc4ccnc(N5CCCC5)c4)cc3CC[C@@H]2C1. The summed E-state index contributed by atoms with van der Waals surface area (Å²) >= 11 is 0. The highest BCUT2D eigenvalue weighted by Crippen LogP contribution is 2.54. The summed E-state index contributed by atoms with van der Waals surface area (Å²) in [5.41, 5.74) is 4.52.